The van der Waals surface area contributed by atoms with Crippen molar-refractivity contribution in [1.82, 2.24) is 24.6 Å². The van der Waals surface area contributed by atoms with E-state index in [0.717, 1.165) is 25.5 Å². The van der Waals surface area contributed by atoms with Crippen LogP contribution in [0.4, 0.5) is 0 Å². The molecular weight excluding hydrogens is 306 g/mol. The van der Waals surface area contributed by atoms with Crippen LogP contribution in [0.25, 0.3) is 5.82 Å². The molecule has 0 saturated carbocycles. The van der Waals surface area contributed by atoms with Gasteiger partial charge in [-0.2, -0.15) is 5.10 Å². The molecule has 1 saturated heterocycles. The van der Waals surface area contributed by atoms with Gasteiger partial charge in [-0.05, 0) is 26.0 Å². The molecular formula is C17H25N5O2. The number of morpholine rings is 1. The predicted molar refractivity (Wildman–Crippen MR) is 91.3 cm³/mol. The summed E-state index contributed by atoms with van der Waals surface area (Å²) in [5.41, 5.74) is 0.581. The summed E-state index contributed by atoms with van der Waals surface area (Å²) in [7, 11) is 1.84. The third-order valence-corrected chi connectivity index (χ3v) is 4.21. The van der Waals surface area contributed by atoms with Crippen LogP contribution >= 0.6 is 0 Å². The minimum absolute atomic E-state index is 0.0962. The molecule has 7 heteroatoms. The van der Waals surface area contributed by atoms with Gasteiger partial charge in [0.05, 0.1) is 18.4 Å². The van der Waals surface area contributed by atoms with Crippen LogP contribution < -0.4 is 5.32 Å². The lowest BCUT2D eigenvalue weighted by molar-refractivity contribution is -0.0672. The van der Waals surface area contributed by atoms with Crippen molar-refractivity contribution in [1.29, 1.82) is 0 Å². The van der Waals surface area contributed by atoms with Crippen molar-refractivity contribution in [3.8, 4) is 5.82 Å². The van der Waals surface area contributed by atoms with Crippen molar-refractivity contribution < 1.29 is 9.53 Å². The molecule has 1 N–H and O–H groups in total. The van der Waals surface area contributed by atoms with E-state index < -0.39 is 0 Å². The Morgan fingerprint density at radius 1 is 1.29 bits per heavy atom. The van der Waals surface area contributed by atoms with Gasteiger partial charge in [0.1, 0.15) is 11.4 Å². The zero-order valence-electron chi connectivity index (χ0n) is 14.5. The number of hydrogen-bond donors (Lipinski definition) is 1. The molecule has 1 fully saturated rings. The van der Waals surface area contributed by atoms with E-state index >= 15 is 0 Å². The number of carbonyl (C=O) groups is 1. The Morgan fingerprint density at radius 2 is 1.96 bits per heavy atom. The molecule has 2 aromatic rings. The first-order chi connectivity index (χ1) is 11.5. The van der Waals surface area contributed by atoms with Crippen LogP contribution in [0.2, 0.25) is 0 Å². The van der Waals surface area contributed by atoms with Gasteiger partial charge in [-0.1, -0.05) is 0 Å². The highest BCUT2D eigenvalue weighted by Crippen LogP contribution is 2.14. The highest BCUT2D eigenvalue weighted by molar-refractivity contribution is 5.97. The number of nitrogens with one attached hydrogen (secondary N) is 1. The van der Waals surface area contributed by atoms with Gasteiger partial charge in [0.2, 0.25) is 0 Å². The van der Waals surface area contributed by atoms with Gasteiger partial charge in [0.15, 0.2) is 0 Å². The summed E-state index contributed by atoms with van der Waals surface area (Å²) in [6, 6.07) is 3.85. The molecule has 130 valence electrons. The van der Waals surface area contributed by atoms with Crippen LogP contribution in [0.3, 0.4) is 0 Å². The number of carbonyl (C=O) groups excluding carboxylic acids is 1. The summed E-state index contributed by atoms with van der Waals surface area (Å²) in [4.78, 5) is 14.9. The second-order valence-corrected chi connectivity index (χ2v) is 6.37. The van der Waals surface area contributed by atoms with Crippen LogP contribution in [0.15, 0.2) is 30.7 Å². The molecule has 0 radical (unpaired) electrons. The lowest BCUT2D eigenvalue weighted by Gasteiger charge is -2.35. The van der Waals surface area contributed by atoms with Gasteiger partial charge < -0.3 is 14.6 Å². The van der Waals surface area contributed by atoms with Gasteiger partial charge >= 0.3 is 0 Å². The van der Waals surface area contributed by atoms with Gasteiger partial charge in [0, 0.05) is 45.6 Å². The fraction of sp³-hybridized carbons (Fsp3) is 0.529. The van der Waals surface area contributed by atoms with Crippen LogP contribution in [-0.2, 0) is 11.8 Å². The minimum Gasteiger partial charge on any atom is -0.373 e. The average molecular weight is 331 g/mol. The Bertz CT molecular complexity index is 669. The number of amides is 1. The summed E-state index contributed by atoms with van der Waals surface area (Å²) < 4.78 is 9.33. The van der Waals surface area contributed by atoms with Gasteiger partial charge in [0.25, 0.3) is 5.91 Å². The fourth-order valence-electron chi connectivity index (χ4n) is 3.26. The molecule has 0 spiro atoms. The third-order valence-electron chi connectivity index (χ3n) is 4.21. The molecule has 3 rings (SSSR count). The average Bonchev–Trinajstić information content (AvgIpc) is 3.15. The Labute approximate surface area is 142 Å². The van der Waals surface area contributed by atoms with Crippen LogP contribution in [0, 0.1) is 0 Å². The molecule has 24 heavy (non-hydrogen) atoms. The Kier molecular flexibility index (Phi) is 5.01. The first kappa shape index (κ1) is 16.7. The molecule has 2 unspecified atom stereocenters. The molecule has 1 aliphatic rings. The summed E-state index contributed by atoms with van der Waals surface area (Å²) in [5, 5.41) is 7.22. The van der Waals surface area contributed by atoms with Crippen molar-refractivity contribution in [2.75, 3.05) is 26.2 Å². The second-order valence-electron chi connectivity index (χ2n) is 6.37. The molecule has 1 aliphatic heterocycles. The number of aromatic nitrogens is 3. The van der Waals surface area contributed by atoms with E-state index in [1.165, 1.54) is 0 Å². The van der Waals surface area contributed by atoms with Crippen molar-refractivity contribution in [3.63, 3.8) is 0 Å². The molecule has 0 aliphatic carbocycles. The summed E-state index contributed by atoms with van der Waals surface area (Å²) in [6.45, 7) is 7.41. The lowest BCUT2D eigenvalue weighted by Crippen LogP contribution is -2.47. The van der Waals surface area contributed by atoms with Crippen LogP contribution in [0.5, 0.6) is 0 Å². The summed E-state index contributed by atoms with van der Waals surface area (Å²) >= 11 is 0. The summed E-state index contributed by atoms with van der Waals surface area (Å²) in [6.07, 6.45) is 5.91. The number of nitrogens with zero attached hydrogens (tertiary/aromatic N) is 4. The topological polar surface area (TPSA) is 64.3 Å². The molecule has 7 nitrogen and oxygen atoms in total. The standard InChI is InChI=1S/C17H25N5O2/c1-13-11-21(12-14(2)24-13)9-6-18-16(23)15-10-19-20(3)17(15)22-7-4-5-8-22/h4-5,7-8,10,13-14H,6,9,11-12H2,1-3H3,(H,18,23). The van der Waals surface area contributed by atoms with Crippen LogP contribution in [0.1, 0.15) is 24.2 Å². The first-order valence-electron chi connectivity index (χ1n) is 8.36. The maximum atomic E-state index is 12.5. The quantitative estimate of drug-likeness (QED) is 0.889. The number of rotatable bonds is 5. The molecule has 0 aromatic carbocycles. The molecule has 2 aromatic heterocycles. The van der Waals surface area contributed by atoms with Gasteiger partial charge in [-0.3, -0.25) is 14.4 Å². The minimum atomic E-state index is -0.0962. The highest BCUT2D eigenvalue weighted by Gasteiger charge is 2.22. The molecule has 0 bridgehead atoms. The smallest absolute Gasteiger partial charge is 0.256 e. The molecule has 3 heterocycles. The maximum Gasteiger partial charge on any atom is 0.256 e. The van der Waals surface area contributed by atoms with Crippen molar-refractivity contribution in [2.45, 2.75) is 26.1 Å². The number of aryl methyl sites for hydroxylation is 1. The van der Waals surface area contributed by atoms with Crippen LogP contribution in [-0.4, -0.2) is 63.5 Å². The zero-order valence-corrected chi connectivity index (χ0v) is 14.5. The predicted octanol–water partition coefficient (Wildman–Crippen LogP) is 1.05. The normalized spacial score (nSPS) is 21.8. The van der Waals surface area contributed by atoms with E-state index in [1.807, 2.05) is 36.1 Å². The van der Waals surface area contributed by atoms with E-state index in [1.54, 1.807) is 10.9 Å². The van der Waals surface area contributed by atoms with Gasteiger partial charge in [-0.15, -0.1) is 0 Å². The summed E-state index contributed by atoms with van der Waals surface area (Å²) in [5.74, 6) is 0.673. The third kappa shape index (κ3) is 3.68. The van der Waals surface area contributed by atoms with E-state index in [2.05, 4.69) is 29.2 Å². The monoisotopic (exact) mass is 331 g/mol. The van der Waals surface area contributed by atoms with Gasteiger partial charge in [-0.25, -0.2) is 0 Å². The highest BCUT2D eigenvalue weighted by atomic mass is 16.5. The van der Waals surface area contributed by atoms with Crippen molar-refractivity contribution in [2.24, 2.45) is 7.05 Å². The zero-order chi connectivity index (χ0) is 17.1. The maximum absolute atomic E-state index is 12.5. The van der Waals surface area contributed by atoms with Crippen molar-refractivity contribution in [3.05, 3.63) is 36.3 Å². The lowest BCUT2D eigenvalue weighted by atomic mass is 10.2. The van der Waals surface area contributed by atoms with Crippen molar-refractivity contribution >= 4 is 5.91 Å². The first-order valence-corrected chi connectivity index (χ1v) is 8.36. The molecule has 2 atom stereocenters. The number of ether oxygens (including phenoxy) is 1. The van der Waals surface area contributed by atoms with E-state index in [9.17, 15) is 4.79 Å². The Balaban J connectivity index is 1.58. The largest absolute Gasteiger partial charge is 0.373 e. The Morgan fingerprint density at radius 3 is 2.62 bits per heavy atom. The van der Waals surface area contributed by atoms with E-state index in [4.69, 9.17) is 4.74 Å². The number of hydrogen-bond acceptors (Lipinski definition) is 4. The Hall–Kier alpha value is -2.12. The van der Waals surface area contributed by atoms with E-state index in [0.29, 0.717) is 12.1 Å². The fourth-order valence-corrected chi connectivity index (χ4v) is 3.26. The second kappa shape index (κ2) is 7.19. The molecule has 1 amide bonds. The SMILES string of the molecule is CC1CN(CCNC(=O)c2cnn(C)c2-n2cccc2)CC(C)O1. The van der Waals surface area contributed by atoms with E-state index in [-0.39, 0.29) is 18.1 Å².